The van der Waals surface area contributed by atoms with Crippen LogP contribution < -0.4 is 11.5 Å². The maximum absolute atomic E-state index is 11.6. The number of benzene rings is 1. The number of hydrogen-bond donors (Lipinski definition) is 2. The fraction of sp³-hybridized carbons (Fsp3) is 0.294. The van der Waals surface area contributed by atoms with E-state index in [-0.39, 0.29) is 0 Å². The number of nitrogen functional groups attached to an aromatic ring is 1. The van der Waals surface area contributed by atoms with Gasteiger partial charge in [0.2, 0.25) is 0 Å². The Morgan fingerprint density at radius 2 is 2.09 bits per heavy atom. The number of nitrogens with zero attached hydrogens (tertiary/aromatic N) is 1. The smallest absolute Gasteiger partial charge is 0.251 e. The van der Waals surface area contributed by atoms with Gasteiger partial charge in [0.25, 0.3) is 5.91 Å². The maximum Gasteiger partial charge on any atom is 0.251 e. The Kier molecular flexibility index (Phi) is 3.63. The number of rotatable bonds is 3. The molecule has 3 rings (SSSR count). The Morgan fingerprint density at radius 3 is 2.73 bits per heavy atom. The van der Waals surface area contributed by atoms with Gasteiger partial charge in [-0.05, 0) is 30.4 Å². The second-order valence-corrected chi connectivity index (χ2v) is 6.98. The highest BCUT2D eigenvalue weighted by atomic mass is 32.1. The zero-order valence-electron chi connectivity index (χ0n) is 12.1. The van der Waals surface area contributed by atoms with E-state index in [1.54, 1.807) is 0 Å². The fourth-order valence-electron chi connectivity index (χ4n) is 3.24. The molecule has 0 aliphatic heterocycles. The van der Waals surface area contributed by atoms with Crippen molar-refractivity contribution in [3.05, 3.63) is 51.9 Å². The van der Waals surface area contributed by atoms with E-state index in [2.05, 4.69) is 6.07 Å². The molecule has 1 unspecified atom stereocenters. The van der Waals surface area contributed by atoms with Crippen molar-refractivity contribution in [2.45, 2.75) is 25.7 Å². The average molecular weight is 311 g/mol. The molecule has 0 spiro atoms. The van der Waals surface area contributed by atoms with Gasteiger partial charge in [0, 0.05) is 11.3 Å². The van der Waals surface area contributed by atoms with Crippen molar-refractivity contribution in [1.29, 1.82) is 5.26 Å². The number of fused-ring (bicyclic) bond motifs is 1. The van der Waals surface area contributed by atoms with Crippen LogP contribution in [0.5, 0.6) is 0 Å². The van der Waals surface area contributed by atoms with Crippen LogP contribution in [0.2, 0.25) is 0 Å². The number of nitrogens with two attached hydrogens (primary N) is 2. The first-order valence-corrected chi connectivity index (χ1v) is 8.01. The van der Waals surface area contributed by atoms with Crippen molar-refractivity contribution in [2.75, 3.05) is 5.73 Å². The van der Waals surface area contributed by atoms with Crippen LogP contribution >= 0.6 is 11.3 Å². The lowest BCUT2D eigenvalue weighted by molar-refractivity contribution is 0.1000. The molecule has 1 aliphatic carbocycles. The van der Waals surface area contributed by atoms with Crippen molar-refractivity contribution >= 4 is 22.2 Å². The minimum Gasteiger partial charge on any atom is -0.390 e. The first-order chi connectivity index (χ1) is 10.5. The average Bonchev–Trinajstić information content (AvgIpc) is 2.83. The molecular weight excluding hydrogens is 294 g/mol. The molecule has 5 heteroatoms. The SMILES string of the molecule is N#CC1(Cc2ccccc2)CCc2c(sc(N)c2C(N)=O)C1. The summed E-state index contributed by atoms with van der Waals surface area (Å²) in [5.74, 6) is -0.470. The molecule has 112 valence electrons. The number of hydrogen-bond acceptors (Lipinski definition) is 4. The molecular formula is C17H17N3OS. The Bertz CT molecular complexity index is 760. The molecule has 1 aliphatic rings. The van der Waals surface area contributed by atoms with Crippen LogP contribution in [0.25, 0.3) is 0 Å². The summed E-state index contributed by atoms with van der Waals surface area (Å²) in [6.07, 6.45) is 2.76. The quantitative estimate of drug-likeness (QED) is 0.912. The molecule has 4 N–H and O–H groups in total. The largest absolute Gasteiger partial charge is 0.390 e. The Hall–Kier alpha value is -2.32. The predicted octanol–water partition coefficient (Wildman–Crippen LogP) is 2.67. The number of carbonyl (C=O) groups is 1. The van der Waals surface area contributed by atoms with E-state index in [9.17, 15) is 10.1 Å². The van der Waals surface area contributed by atoms with Gasteiger partial charge in [0.1, 0.15) is 0 Å². The van der Waals surface area contributed by atoms with E-state index in [1.807, 2.05) is 30.3 Å². The van der Waals surface area contributed by atoms with Gasteiger partial charge >= 0.3 is 0 Å². The highest BCUT2D eigenvalue weighted by molar-refractivity contribution is 7.16. The van der Waals surface area contributed by atoms with Crippen molar-refractivity contribution in [3.8, 4) is 6.07 Å². The number of carbonyl (C=O) groups excluding carboxylic acids is 1. The monoisotopic (exact) mass is 311 g/mol. The highest BCUT2D eigenvalue weighted by Gasteiger charge is 2.38. The molecule has 1 aromatic carbocycles. The van der Waals surface area contributed by atoms with Crippen LogP contribution in [0.4, 0.5) is 5.00 Å². The normalized spacial score (nSPS) is 20.1. The number of primary amides is 1. The van der Waals surface area contributed by atoms with E-state index >= 15 is 0 Å². The van der Waals surface area contributed by atoms with Gasteiger partial charge in [-0.2, -0.15) is 5.26 Å². The molecule has 1 atom stereocenters. The zero-order chi connectivity index (χ0) is 15.7. The van der Waals surface area contributed by atoms with Crippen LogP contribution in [-0.2, 0) is 19.3 Å². The lowest BCUT2D eigenvalue weighted by Gasteiger charge is -2.31. The third-order valence-electron chi connectivity index (χ3n) is 4.34. The van der Waals surface area contributed by atoms with Gasteiger partial charge in [-0.1, -0.05) is 30.3 Å². The van der Waals surface area contributed by atoms with Crippen LogP contribution in [0.3, 0.4) is 0 Å². The van der Waals surface area contributed by atoms with Gasteiger partial charge in [-0.15, -0.1) is 11.3 Å². The third-order valence-corrected chi connectivity index (χ3v) is 5.40. The molecule has 2 aromatic rings. The fourth-order valence-corrected chi connectivity index (χ4v) is 4.51. The van der Waals surface area contributed by atoms with Gasteiger partial charge in [0.05, 0.1) is 22.0 Å². The third kappa shape index (κ3) is 2.46. The first kappa shape index (κ1) is 14.6. The molecule has 0 radical (unpaired) electrons. The van der Waals surface area contributed by atoms with Crippen molar-refractivity contribution in [3.63, 3.8) is 0 Å². The van der Waals surface area contributed by atoms with Crippen molar-refractivity contribution in [2.24, 2.45) is 11.1 Å². The minimum absolute atomic E-state index is 0.430. The summed E-state index contributed by atoms with van der Waals surface area (Å²) in [6.45, 7) is 0. The summed E-state index contributed by atoms with van der Waals surface area (Å²) in [5.41, 5.74) is 13.5. The summed E-state index contributed by atoms with van der Waals surface area (Å²) in [5, 5.41) is 10.2. The molecule has 1 heterocycles. The number of thiophene rings is 1. The van der Waals surface area contributed by atoms with Crippen molar-refractivity contribution in [1.82, 2.24) is 0 Å². The Morgan fingerprint density at radius 1 is 1.36 bits per heavy atom. The molecule has 0 saturated heterocycles. The minimum atomic E-state index is -0.470. The molecule has 1 amide bonds. The lowest BCUT2D eigenvalue weighted by Crippen LogP contribution is -2.30. The van der Waals surface area contributed by atoms with Gasteiger partial charge in [-0.25, -0.2) is 0 Å². The number of amides is 1. The summed E-state index contributed by atoms with van der Waals surface area (Å²) >= 11 is 1.40. The zero-order valence-corrected chi connectivity index (χ0v) is 13.0. The topological polar surface area (TPSA) is 92.9 Å². The molecule has 0 saturated carbocycles. The molecule has 22 heavy (non-hydrogen) atoms. The molecule has 0 fully saturated rings. The first-order valence-electron chi connectivity index (χ1n) is 7.20. The Balaban J connectivity index is 1.94. The summed E-state index contributed by atoms with van der Waals surface area (Å²) in [7, 11) is 0. The van der Waals surface area contributed by atoms with Crippen LogP contribution in [0.15, 0.2) is 30.3 Å². The summed E-state index contributed by atoms with van der Waals surface area (Å²) in [4.78, 5) is 12.6. The Labute approximate surface area is 133 Å². The maximum atomic E-state index is 11.6. The summed E-state index contributed by atoms with van der Waals surface area (Å²) < 4.78 is 0. The highest BCUT2D eigenvalue weighted by Crippen LogP contribution is 2.44. The van der Waals surface area contributed by atoms with Gasteiger partial charge in [0.15, 0.2) is 0 Å². The second kappa shape index (κ2) is 5.47. The standard InChI is InChI=1S/C17H17N3OS/c18-10-17(8-11-4-2-1-3-5-11)7-6-12-13(9-17)22-16(20)14(12)15(19)21/h1-5H,6-9,20H2,(H2,19,21). The molecule has 4 nitrogen and oxygen atoms in total. The van der Waals surface area contributed by atoms with Crippen molar-refractivity contribution < 1.29 is 4.79 Å². The summed E-state index contributed by atoms with van der Waals surface area (Å²) in [6, 6.07) is 12.6. The van der Waals surface area contributed by atoms with E-state index < -0.39 is 11.3 Å². The number of nitriles is 1. The van der Waals surface area contributed by atoms with E-state index in [4.69, 9.17) is 11.5 Å². The predicted molar refractivity (Wildman–Crippen MR) is 87.5 cm³/mol. The molecule has 0 bridgehead atoms. The van der Waals surface area contributed by atoms with E-state index in [0.717, 1.165) is 22.4 Å². The van der Waals surface area contributed by atoms with Crippen LogP contribution in [-0.4, -0.2) is 5.91 Å². The number of anilines is 1. The van der Waals surface area contributed by atoms with Crippen LogP contribution in [0.1, 0.15) is 32.8 Å². The lowest BCUT2D eigenvalue weighted by atomic mass is 9.71. The van der Waals surface area contributed by atoms with Gasteiger partial charge in [-0.3, -0.25) is 4.79 Å². The van der Waals surface area contributed by atoms with E-state index in [1.165, 1.54) is 11.3 Å². The molecule has 1 aromatic heterocycles. The second-order valence-electron chi connectivity index (χ2n) is 5.84. The van der Waals surface area contributed by atoms with Gasteiger partial charge < -0.3 is 11.5 Å². The van der Waals surface area contributed by atoms with E-state index in [0.29, 0.717) is 29.8 Å². The van der Waals surface area contributed by atoms with Crippen LogP contribution in [0, 0.1) is 16.7 Å².